The summed E-state index contributed by atoms with van der Waals surface area (Å²) in [4.78, 5) is 19.6. The second-order valence-corrected chi connectivity index (χ2v) is 7.86. The molecular formula is C23H26N6O. The molecule has 0 fully saturated rings. The van der Waals surface area contributed by atoms with E-state index < -0.39 is 0 Å². The molecule has 0 radical (unpaired) electrons. The molecule has 1 aromatic carbocycles. The number of nitrogens with two attached hydrogens (primary N) is 1. The lowest BCUT2D eigenvalue weighted by atomic mass is 10.1. The molecule has 0 aliphatic heterocycles. The number of nitrogens with one attached hydrogen (secondary N) is 1. The molecule has 30 heavy (non-hydrogen) atoms. The number of fused-ring (bicyclic) bond motifs is 3. The van der Waals surface area contributed by atoms with Crippen LogP contribution in [0.15, 0.2) is 54.9 Å². The highest BCUT2D eigenvalue weighted by atomic mass is 16.6. The summed E-state index contributed by atoms with van der Waals surface area (Å²) in [6.07, 6.45) is 1.88. The summed E-state index contributed by atoms with van der Waals surface area (Å²) >= 11 is 0. The number of nitrogens with zero attached hydrogens (tertiary/aromatic N) is 4. The lowest BCUT2D eigenvalue weighted by Crippen LogP contribution is -2.15. The van der Waals surface area contributed by atoms with Gasteiger partial charge in [0.15, 0.2) is 5.82 Å². The number of hydrogen-bond acceptors (Lipinski definition) is 6. The van der Waals surface area contributed by atoms with Crippen LogP contribution in [0.1, 0.15) is 26.6 Å². The van der Waals surface area contributed by atoms with Gasteiger partial charge in [-0.15, -0.1) is 0 Å². The van der Waals surface area contributed by atoms with E-state index in [1.165, 1.54) is 0 Å². The van der Waals surface area contributed by atoms with Gasteiger partial charge in [0.25, 0.3) is 0 Å². The number of pyridine rings is 2. The van der Waals surface area contributed by atoms with Gasteiger partial charge in [-0.1, -0.05) is 50.8 Å². The summed E-state index contributed by atoms with van der Waals surface area (Å²) in [6.45, 7) is 11.0. The van der Waals surface area contributed by atoms with Crippen molar-refractivity contribution in [2.75, 3.05) is 5.73 Å². The van der Waals surface area contributed by atoms with E-state index >= 15 is 0 Å². The van der Waals surface area contributed by atoms with Crippen LogP contribution in [-0.4, -0.2) is 19.5 Å². The van der Waals surface area contributed by atoms with Crippen LogP contribution in [0.5, 0.6) is 0 Å². The van der Waals surface area contributed by atoms with Gasteiger partial charge in [-0.05, 0) is 24.5 Å². The van der Waals surface area contributed by atoms with Crippen LogP contribution in [0.2, 0.25) is 0 Å². The molecule has 4 rings (SSSR count). The summed E-state index contributed by atoms with van der Waals surface area (Å²) < 4.78 is 2.13. The molecule has 0 spiro atoms. The SMILES string of the molecule is C=C(C)NOCc1nc2c(N)nc3cc(-c4ccccc4)cnc3c2n1CC(C)C. The number of hydrogen-bond donors (Lipinski definition) is 2. The van der Waals surface area contributed by atoms with Crippen LogP contribution < -0.4 is 11.2 Å². The maximum absolute atomic E-state index is 6.32. The lowest BCUT2D eigenvalue weighted by Gasteiger charge is -2.13. The van der Waals surface area contributed by atoms with Gasteiger partial charge in [0, 0.05) is 24.0 Å². The number of anilines is 1. The van der Waals surface area contributed by atoms with Gasteiger partial charge in [0.2, 0.25) is 0 Å². The first-order valence-corrected chi connectivity index (χ1v) is 9.97. The van der Waals surface area contributed by atoms with E-state index in [9.17, 15) is 0 Å². The maximum Gasteiger partial charge on any atom is 0.152 e. The number of rotatable bonds is 7. The zero-order chi connectivity index (χ0) is 21.3. The average Bonchev–Trinajstić information content (AvgIpc) is 3.06. The molecule has 0 bridgehead atoms. The molecule has 0 saturated heterocycles. The van der Waals surface area contributed by atoms with E-state index in [2.05, 4.69) is 47.6 Å². The van der Waals surface area contributed by atoms with Gasteiger partial charge in [-0.3, -0.25) is 15.3 Å². The van der Waals surface area contributed by atoms with Crippen molar-refractivity contribution in [1.29, 1.82) is 0 Å². The third-order valence-corrected chi connectivity index (χ3v) is 4.72. The van der Waals surface area contributed by atoms with E-state index in [-0.39, 0.29) is 6.61 Å². The highest BCUT2D eigenvalue weighted by Gasteiger charge is 2.19. The highest BCUT2D eigenvalue weighted by Crippen LogP contribution is 2.30. The maximum atomic E-state index is 6.32. The van der Waals surface area contributed by atoms with Gasteiger partial charge in [0.1, 0.15) is 29.0 Å². The molecule has 154 valence electrons. The molecule has 3 N–H and O–H groups in total. The monoisotopic (exact) mass is 402 g/mol. The Morgan fingerprint density at radius 3 is 2.63 bits per heavy atom. The number of allylic oxidation sites excluding steroid dienone is 1. The van der Waals surface area contributed by atoms with Gasteiger partial charge < -0.3 is 10.3 Å². The number of hydroxylamine groups is 1. The first-order valence-electron chi connectivity index (χ1n) is 9.97. The van der Waals surface area contributed by atoms with Crippen LogP contribution in [0.4, 0.5) is 5.82 Å². The molecule has 0 saturated carbocycles. The summed E-state index contributed by atoms with van der Waals surface area (Å²) in [5.74, 6) is 1.56. The van der Waals surface area contributed by atoms with E-state index in [1.807, 2.05) is 37.4 Å². The van der Waals surface area contributed by atoms with E-state index in [4.69, 9.17) is 20.5 Å². The van der Waals surface area contributed by atoms with Crippen molar-refractivity contribution in [2.45, 2.75) is 33.9 Å². The Bertz CT molecular complexity index is 1210. The van der Waals surface area contributed by atoms with Crippen LogP contribution >= 0.6 is 0 Å². The van der Waals surface area contributed by atoms with E-state index in [0.717, 1.165) is 45.7 Å². The lowest BCUT2D eigenvalue weighted by molar-refractivity contribution is 0.0436. The predicted molar refractivity (Wildman–Crippen MR) is 120 cm³/mol. The zero-order valence-corrected chi connectivity index (χ0v) is 17.5. The normalized spacial score (nSPS) is 11.5. The predicted octanol–water partition coefficient (Wildman–Crippen LogP) is 4.44. The first-order chi connectivity index (χ1) is 14.4. The van der Waals surface area contributed by atoms with Crippen molar-refractivity contribution >= 4 is 27.9 Å². The average molecular weight is 403 g/mol. The molecule has 0 atom stereocenters. The molecular weight excluding hydrogens is 376 g/mol. The fraction of sp³-hybridized carbons (Fsp3) is 0.261. The smallest absolute Gasteiger partial charge is 0.152 e. The second-order valence-electron chi connectivity index (χ2n) is 7.86. The number of nitrogen functional groups attached to an aromatic ring is 1. The summed E-state index contributed by atoms with van der Waals surface area (Å²) in [6, 6.07) is 12.1. The minimum atomic E-state index is 0.275. The molecule has 0 aliphatic carbocycles. The number of imidazole rings is 1. The van der Waals surface area contributed by atoms with Crippen molar-refractivity contribution in [3.05, 3.63) is 60.7 Å². The van der Waals surface area contributed by atoms with Gasteiger partial charge >= 0.3 is 0 Å². The Morgan fingerprint density at radius 1 is 1.17 bits per heavy atom. The number of aromatic nitrogens is 4. The van der Waals surface area contributed by atoms with E-state index in [1.54, 1.807) is 0 Å². The van der Waals surface area contributed by atoms with Crippen LogP contribution in [0, 0.1) is 5.92 Å². The number of benzene rings is 1. The summed E-state index contributed by atoms with van der Waals surface area (Å²) in [5, 5.41) is 0. The molecule has 0 unspecified atom stereocenters. The molecule has 4 aromatic rings. The van der Waals surface area contributed by atoms with E-state index in [0.29, 0.717) is 17.3 Å². The summed E-state index contributed by atoms with van der Waals surface area (Å²) in [7, 11) is 0. The van der Waals surface area contributed by atoms with Crippen LogP contribution in [0.25, 0.3) is 33.2 Å². The first kappa shape index (κ1) is 19.8. The minimum Gasteiger partial charge on any atom is -0.382 e. The van der Waals surface area contributed by atoms with Crippen LogP contribution in [-0.2, 0) is 18.0 Å². The van der Waals surface area contributed by atoms with Gasteiger partial charge in [-0.2, -0.15) is 0 Å². The Balaban J connectivity index is 1.88. The third-order valence-electron chi connectivity index (χ3n) is 4.72. The van der Waals surface area contributed by atoms with Crippen molar-refractivity contribution in [1.82, 2.24) is 25.0 Å². The fourth-order valence-electron chi connectivity index (χ4n) is 3.51. The van der Waals surface area contributed by atoms with Crippen molar-refractivity contribution < 1.29 is 4.84 Å². The Labute approximate surface area is 175 Å². The molecule has 7 heteroatoms. The second kappa shape index (κ2) is 8.12. The Kier molecular flexibility index (Phi) is 5.37. The Hall–Kier alpha value is -3.45. The Morgan fingerprint density at radius 2 is 1.93 bits per heavy atom. The minimum absolute atomic E-state index is 0.275. The molecule has 3 aromatic heterocycles. The van der Waals surface area contributed by atoms with Crippen LogP contribution in [0.3, 0.4) is 0 Å². The van der Waals surface area contributed by atoms with Gasteiger partial charge in [-0.25, -0.2) is 9.97 Å². The molecule has 0 amide bonds. The molecule has 0 aliphatic rings. The quantitative estimate of drug-likeness (QED) is 0.444. The van der Waals surface area contributed by atoms with Crippen molar-refractivity contribution in [2.24, 2.45) is 5.92 Å². The van der Waals surface area contributed by atoms with Crippen molar-refractivity contribution in [3.63, 3.8) is 0 Å². The molecule has 3 heterocycles. The highest BCUT2D eigenvalue weighted by molar-refractivity contribution is 6.05. The van der Waals surface area contributed by atoms with Crippen molar-refractivity contribution in [3.8, 4) is 11.1 Å². The zero-order valence-electron chi connectivity index (χ0n) is 17.5. The largest absolute Gasteiger partial charge is 0.382 e. The summed E-state index contributed by atoms with van der Waals surface area (Å²) in [5.41, 5.74) is 15.0. The topological polar surface area (TPSA) is 90.9 Å². The molecule has 7 nitrogen and oxygen atoms in total. The van der Waals surface area contributed by atoms with Gasteiger partial charge in [0.05, 0.1) is 5.52 Å². The standard InChI is InChI=1S/C23H26N6O/c1-14(2)12-29-19(13-30-28-15(3)4)27-21-22(29)20-18(26-23(21)24)10-17(11-25-20)16-8-6-5-7-9-16/h5-11,14,28H,3,12-13H2,1-2,4H3,(H2,24,26). The third kappa shape index (κ3) is 3.84. The fourth-order valence-corrected chi connectivity index (χ4v) is 3.51.